The summed E-state index contributed by atoms with van der Waals surface area (Å²) in [5.41, 5.74) is 0.172. The van der Waals surface area contributed by atoms with Gasteiger partial charge in [-0.25, -0.2) is 15.0 Å². The topological polar surface area (TPSA) is 121 Å². The van der Waals surface area contributed by atoms with Crippen molar-refractivity contribution in [2.75, 3.05) is 0 Å². The minimum atomic E-state index is -4.70. The number of hydrogen-bond acceptors (Lipinski definition) is 8. The summed E-state index contributed by atoms with van der Waals surface area (Å²) in [5.74, 6) is 2.62. The van der Waals surface area contributed by atoms with E-state index in [1.807, 2.05) is 27.7 Å². The van der Waals surface area contributed by atoms with Crippen LogP contribution < -0.4 is 21.0 Å². The highest BCUT2D eigenvalue weighted by Gasteiger charge is 2.32. The van der Waals surface area contributed by atoms with E-state index in [2.05, 4.69) is 20.4 Å². The van der Waals surface area contributed by atoms with E-state index in [1.54, 1.807) is 4.68 Å². The molecule has 1 aromatic carbocycles. The number of nitrogens with zero attached hydrogens (tertiary/aromatic N) is 3. The van der Waals surface area contributed by atoms with Crippen molar-refractivity contribution in [2.24, 2.45) is 10.9 Å². The summed E-state index contributed by atoms with van der Waals surface area (Å²) < 4.78 is 41.6. The van der Waals surface area contributed by atoms with Gasteiger partial charge in [-0.05, 0) is 31.5 Å². The van der Waals surface area contributed by atoms with Gasteiger partial charge >= 0.3 is 12.1 Å². The van der Waals surface area contributed by atoms with Crippen LogP contribution in [0.5, 0.6) is 5.75 Å². The Morgan fingerprint density at radius 3 is 2.51 bits per heavy atom. The number of carbonyl (C=O) groups excluding carboxylic acids is 2. The number of nitrogens with one attached hydrogen (secondary N) is 1. The molecule has 3 N–H and O–H groups in total. The van der Waals surface area contributed by atoms with E-state index in [1.165, 1.54) is 24.3 Å². The third-order valence-electron chi connectivity index (χ3n) is 4.61. The van der Waals surface area contributed by atoms with Gasteiger partial charge in [-0.1, -0.05) is 51.5 Å². The summed E-state index contributed by atoms with van der Waals surface area (Å²) in [6, 6.07) is 2.34. The average Bonchev–Trinajstić information content (AvgIpc) is 3.20. The Morgan fingerprint density at radius 2 is 1.97 bits per heavy atom. The molecule has 2 aromatic rings. The van der Waals surface area contributed by atoms with Crippen LogP contribution in [0.3, 0.4) is 0 Å². The minimum Gasteiger partial charge on any atom is -0.381 e. The van der Waals surface area contributed by atoms with Crippen molar-refractivity contribution in [3.05, 3.63) is 50.9 Å². The lowest BCUT2D eigenvalue weighted by Crippen LogP contribution is -2.27. The highest BCUT2D eigenvalue weighted by Crippen LogP contribution is 2.33. The molecule has 0 aliphatic rings. The molecule has 0 atom stereocenters. The Labute approximate surface area is 204 Å². The second kappa shape index (κ2) is 11.5. The van der Waals surface area contributed by atoms with Crippen LogP contribution in [-0.2, 0) is 27.8 Å². The lowest BCUT2D eigenvalue weighted by molar-refractivity contribution is -0.141. The first kappa shape index (κ1) is 28.1. The molecule has 0 aliphatic heterocycles. The molecule has 0 aliphatic carbocycles. The highest BCUT2D eigenvalue weighted by molar-refractivity contribution is 7.09. The normalized spacial score (nSPS) is 13.1. The minimum absolute atomic E-state index is 0.225. The van der Waals surface area contributed by atoms with Gasteiger partial charge in [0.05, 0.1) is 11.1 Å². The third kappa shape index (κ3) is 7.39. The summed E-state index contributed by atoms with van der Waals surface area (Å²) in [6.07, 6.45) is -1.78. The molecule has 1 aromatic heterocycles. The molecule has 9 nitrogen and oxygen atoms in total. The van der Waals surface area contributed by atoms with Crippen LogP contribution in [-0.4, -0.2) is 21.7 Å². The number of nitrogens with two attached hydrogens (primary N) is 1. The van der Waals surface area contributed by atoms with E-state index in [0.29, 0.717) is 12.6 Å². The van der Waals surface area contributed by atoms with Crippen LogP contribution in [0.25, 0.3) is 0 Å². The number of alkyl halides is 3. The molecule has 2 rings (SSSR count). The molecule has 0 unspecified atom stereocenters. The molecule has 1 amide bonds. The molecule has 0 radical (unpaired) electrons. The third-order valence-corrected chi connectivity index (χ3v) is 5.98. The van der Waals surface area contributed by atoms with Gasteiger partial charge in [0.2, 0.25) is 4.80 Å². The number of benzene rings is 1. The monoisotopic (exact) mass is 515 g/mol. The van der Waals surface area contributed by atoms with Crippen molar-refractivity contribution in [2.45, 2.75) is 65.6 Å². The Bertz CT molecular complexity index is 1160. The number of hydroxylamine groups is 1. The first-order chi connectivity index (χ1) is 16.3. The number of unbranched alkanes of at least 4 members (excludes halogenated alkanes) is 1. The average molecular weight is 516 g/mol. The van der Waals surface area contributed by atoms with Crippen molar-refractivity contribution >= 4 is 23.2 Å². The van der Waals surface area contributed by atoms with Gasteiger partial charge in [-0.2, -0.15) is 29.2 Å². The number of amides is 1. The fourth-order valence-corrected chi connectivity index (χ4v) is 3.64. The lowest BCUT2D eigenvalue weighted by Gasteiger charge is -2.14. The zero-order chi connectivity index (χ0) is 26.4. The summed E-state index contributed by atoms with van der Waals surface area (Å²) >= 11 is 1.19. The predicted molar refractivity (Wildman–Crippen MR) is 123 cm³/mol. The van der Waals surface area contributed by atoms with Crippen molar-refractivity contribution in [3.8, 4) is 5.75 Å². The maximum Gasteiger partial charge on any atom is 0.416 e. The number of aromatic nitrogens is 2. The number of halogens is 3. The van der Waals surface area contributed by atoms with E-state index in [0.717, 1.165) is 30.0 Å². The van der Waals surface area contributed by atoms with E-state index < -0.39 is 29.2 Å². The van der Waals surface area contributed by atoms with Crippen LogP contribution >= 0.6 is 11.3 Å². The zero-order valence-electron chi connectivity index (χ0n) is 20.0. The zero-order valence-corrected chi connectivity index (χ0v) is 20.8. The van der Waals surface area contributed by atoms with Gasteiger partial charge in [0.1, 0.15) is 5.01 Å². The molecule has 0 bridgehead atoms. The van der Waals surface area contributed by atoms with Crippen molar-refractivity contribution in [3.63, 3.8) is 0 Å². The number of aryl methyl sites for hydroxylation is 1. The van der Waals surface area contributed by atoms with Crippen LogP contribution in [0.2, 0.25) is 0 Å². The standard InChI is InChI=1S/C22H28F3N5O4S/c1-6-8-11-30-20(35-19(28-30)21(3,4)5)27-17(31)14-12-13(22(23,24)25)9-10-16(14)34-29-15(7-2)18(32)33-26/h7,9-10,12,29H,6,8,11,26H2,1-5H3. The van der Waals surface area contributed by atoms with Crippen LogP contribution in [0.15, 0.2) is 35.0 Å². The SMILES string of the molecule is CC=C(NOc1ccc(C(F)(F)F)cc1C(=O)N=c1sc(C(C)(C)C)nn1CCCC)C(=O)ON. The van der Waals surface area contributed by atoms with E-state index >= 15 is 0 Å². The predicted octanol–water partition coefficient (Wildman–Crippen LogP) is 4.01. The molecule has 192 valence electrons. The molecule has 0 spiro atoms. The quantitative estimate of drug-likeness (QED) is 0.403. The van der Waals surface area contributed by atoms with Crippen LogP contribution in [0.1, 0.15) is 68.4 Å². The molecule has 13 heteroatoms. The van der Waals surface area contributed by atoms with Crippen molar-refractivity contribution in [1.29, 1.82) is 0 Å². The fourth-order valence-electron chi connectivity index (χ4n) is 2.65. The van der Waals surface area contributed by atoms with Crippen molar-refractivity contribution < 1.29 is 32.4 Å². The first-order valence-corrected chi connectivity index (χ1v) is 11.5. The second-order valence-electron chi connectivity index (χ2n) is 8.45. The number of allylic oxidation sites excluding steroid dienone is 1. The van der Waals surface area contributed by atoms with Crippen molar-refractivity contribution in [1.82, 2.24) is 15.3 Å². The Balaban J connectivity index is 2.56. The van der Waals surface area contributed by atoms with Gasteiger partial charge in [0.15, 0.2) is 11.4 Å². The molecule has 1 heterocycles. The Kier molecular flexibility index (Phi) is 9.21. The molecular formula is C22H28F3N5O4S. The van der Waals surface area contributed by atoms with Gasteiger partial charge in [0.25, 0.3) is 5.91 Å². The van der Waals surface area contributed by atoms with E-state index in [4.69, 9.17) is 10.7 Å². The van der Waals surface area contributed by atoms with E-state index in [9.17, 15) is 22.8 Å². The Hall–Kier alpha value is -3.19. The molecule has 35 heavy (non-hydrogen) atoms. The largest absolute Gasteiger partial charge is 0.416 e. The first-order valence-electron chi connectivity index (χ1n) is 10.7. The van der Waals surface area contributed by atoms with Gasteiger partial charge in [-0.3, -0.25) is 4.79 Å². The summed E-state index contributed by atoms with van der Waals surface area (Å²) in [4.78, 5) is 38.4. The Morgan fingerprint density at radius 1 is 1.29 bits per heavy atom. The summed E-state index contributed by atoms with van der Waals surface area (Å²) in [7, 11) is 0. The second-order valence-corrected chi connectivity index (χ2v) is 9.41. The lowest BCUT2D eigenvalue weighted by atomic mass is 9.98. The maximum atomic E-state index is 13.4. The summed E-state index contributed by atoms with van der Waals surface area (Å²) in [5, 5.41) is 5.26. The van der Waals surface area contributed by atoms with Gasteiger partial charge in [-0.15, -0.1) is 0 Å². The van der Waals surface area contributed by atoms with Crippen LogP contribution in [0, 0.1) is 0 Å². The fraction of sp³-hybridized carbons (Fsp3) is 0.455. The van der Waals surface area contributed by atoms with E-state index in [-0.39, 0.29) is 21.7 Å². The number of hydrogen-bond donors (Lipinski definition) is 2. The smallest absolute Gasteiger partial charge is 0.381 e. The molecule has 0 saturated carbocycles. The molecule has 0 saturated heterocycles. The maximum absolute atomic E-state index is 13.4. The number of carbonyl (C=O) groups is 2. The van der Waals surface area contributed by atoms with Crippen LogP contribution in [0.4, 0.5) is 13.2 Å². The highest BCUT2D eigenvalue weighted by atomic mass is 32.1. The van der Waals surface area contributed by atoms with Gasteiger partial charge in [0, 0.05) is 12.0 Å². The van der Waals surface area contributed by atoms with Gasteiger partial charge < -0.3 is 9.68 Å². The molecule has 0 fully saturated rings. The number of rotatable bonds is 8. The molecular weight excluding hydrogens is 487 g/mol. The summed E-state index contributed by atoms with van der Waals surface area (Å²) in [6.45, 7) is 9.83.